The maximum atomic E-state index is 13.3. The first-order valence-corrected chi connectivity index (χ1v) is 20.8. The van der Waals surface area contributed by atoms with Gasteiger partial charge in [-0.05, 0) is 106 Å². The first-order valence-electron chi connectivity index (χ1n) is 20.1. The molecule has 10 aromatic rings. The number of halogens is 4. The van der Waals surface area contributed by atoms with Gasteiger partial charge in [0.2, 0.25) is 0 Å². The third kappa shape index (κ3) is 6.72. The quantitative estimate of drug-likeness (QED) is 0.134. The molecular formula is C48H35Cl2F2N10+. The molecule has 0 N–H and O–H groups in total. The Balaban J connectivity index is 1.04. The number of benzene rings is 6. The van der Waals surface area contributed by atoms with Gasteiger partial charge in [0.05, 0.1) is 10.9 Å². The second-order valence-corrected chi connectivity index (χ2v) is 16.5. The van der Waals surface area contributed by atoms with Crippen LogP contribution >= 0.6 is 23.2 Å². The lowest BCUT2D eigenvalue weighted by atomic mass is 10.0. The number of aromatic nitrogens is 8. The fourth-order valence-electron chi connectivity index (χ4n) is 8.20. The van der Waals surface area contributed by atoms with E-state index in [1.165, 1.54) is 30.5 Å². The summed E-state index contributed by atoms with van der Waals surface area (Å²) in [7, 11) is 3.94. The minimum atomic E-state index is -2.53. The van der Waals surface area contributed by atoms with Gasteiger partial charge < -0.3 is 9.80 Å². The van der Waals surface area contributed by atoms with E-state index in [0.29, 0.717) is 39.2 Å². The van der Waals surface area contributed by atoms with E-state index in [0.717, 1.165) is 61.1 Å². The smallest absolute Gasteiger partial charge is 0.329 e. The number of nitrogens with zero attached hydrogens (tertiary/aromatic N) is 10. The molecule has 0 aliphatic heterocycles. The molecule has 11 rings (SSSR count). The Kier molecular flexibility index (Phi) is 9.09. The normalized spacial score (nSPS) is 13.0. The predicted octanol–water partition coefficient (Wildman–Crippen LogP) is 11.7. The maximum Gasteiger partial charge on any atom is 0.365 e. The van der Waals surface area contributed by atoms with Gasteiger partial charge in [-0.3, -0.25) is 4.40 Å². The second-order valence-electron chi connectivity index (χ2n) is 15.7. The highest BCUT2D eigenvalue weighted by atomic mass is 35.5. The number of hydrogen-bond acceptors (Lipinski definition) is 7. The van der Waals surface area contributed by atoms with E-state index in [1.807, 2.05) is 99.5 Å². The monoisotopic (exact) mass is 859 g/mol. The molecule has 4 aromatic heterocycles. The number of anilines is 4. The van der Waals surface area contributed by atoms with E-state index in [2.05, 4.69) is 57.6 Å². The van der Waals surface area contributed by atoms with E-state index in [1.54, 1.807) is 18.5 Å². The van der Waals surface area contributed by atoms with Crippen LogP contribution in [0.2, 0.25) is 10.0 Å². The van der Waals surface area contributed by atoms with Crippen molar-refractivity contribution in [2.45, 2.75) is 25.2 Å². The fraction of sp³-hybridized carbons (Fsp3) is 0.125. The number of fused-ring (bicyclic) bond motifs is 6. The van der Waals surface area contributed by atoms with Gasteiger partial charge in [0.1, 0.15) is 17.7 Å². The topological polar surface area (TPSA) is 83.6 Å². The van der Waals surface area contributed by atoms with Crippen LogP contribution in [0.25, 0.3) is 61.3 Å². The highest BCUT2D eigenvalue weighted by Crippen LogP contribution is 2.41. The van der Waals surface area contributed by atoms with Crippen LogP contribution in [0.3, 0.4) is 0 Å². The van der Waals surface area contributed by atoms with Crippen LogP contribution in [0, 0.1) is 0 Å². The van der Waals surface area contributed by atoms with Gasteiger partial charge in [-0.2, -0.15) is 14.4 Å². The molecule has 62 heavy (non-hydrogen) atoms. The van der Waals surface area contributed by atoms with E-state index < -0.39 is 6.43 Å². The molecule has 304 valence electrons. The zero-order valence-electron chi connectivity index (χ0n) is 33.3. The molecule has 0 saturated heterocycles. The molecule has 0 spiro atoms. The third-order valence-electron chi connectivity index (χ3n) is 11.7. The summed E-state index contributed by atoms with van der Waals surface area (Å²) < 4.78 is 32.2. The van der Waals surface area contributed by atoms with Gasteiger partial charge in [0.25, 0.3) is 18.5 Å². The first kappa shape index (κ1) is 37.9. The van der Waals surface area contributed by atoms with Gasteiger partial charge in [-0.1, -0.05) is 88.5 Å². The SMILES string of the molecule is CN(c1cc(-c2ccc(C3CC3)cc2)cc(-[n+]2cn3c(nc(N(C)c4cccc(-c5ccc(C(F)F)cc5)c4)c4ccc(Cl)cc43)n2)c1)c1nc2nncn2c2cc(Cl)ccc12. The van der Waals surface area contributed by atoms with E-state index in [9.17, 15) is 8.78 Å². The highest BCUT2D eigenvalue weighted by Gasteiger charge is 2.25. The van der Waals surface area contributed by atoms with Crippen LogP contribution in [0.5, 0.6) is 0 Å². The van der Waals surface area contributed by atoms with E-state index >= 15 is 0 Å². The summed E-state index contributed by atoms with van der Waals surface area (Å²) in [5.74, 6) is 2.90. The Morgan fingerprint density at radius 2 is 1.27 bits per heavy atom. The van der Waals surface area contributed by atoms with Crippen molar-refractivity contribution in [3.63, 3.8) is 0 Å². The molecule has 1 fully saturated rings. The number of hydrogen-bond donors (Lipinski definition) is 0. The molecule has 0 radical (unpaired) electrons. The summed E-state index contributed by atoms with van der Waals surface area (Å²) in [4.78, 5) is 14.2. The Morgan fingerprint density at radius 1 is 0.645 bits per heavy atom. The Hall–Kier alpha value is -7.02. The minimum absolute atomic E-state index is 0.0134. The van der Waals surface area contributed by atoms with Crippen LogP contribution in [0.1, 0.15) is 36.3 Å². The van der Waals surface area contributed by atoms with E-state index in [4.69, 9.17) is 38.3 Å². The molecule has 6 aromatic carbocycles. The maximum absolute atomic E-state index is 13.3. The molecule has 14 heteroatoms. The van der Waals surface area contributed by atoms with Crippen molar-refractivity contribution >= 4 is 79.6 Å². The zero-order chi connectivity index (χ0) is 42.2. The Bertz CT molecular complexity index is 3370. The predicted molar refractivity (Wildman–Crippen MR) is 241 cm³/mol. The third-order valence-corrected chi connectivity index (χ3v) is 12.2. The lowest BCUT2D eigenvalue weighted by Gasteiger charge is -2.22. The summed E-state index contributed by atoms with van der Waals surface area (Å²) >= 11 is 13.2. The molecule has 0 unspecified atom stereocenters. The zero-order valence-corrected chi connectivity index (χ0v) is 34.8. The summed E-state index contributed by atoms with van der Waals surface area (Å²) in [5, 5.41) is 16.4. The van der Waals surface area contributed by atoms with Crippen LogP contribution < -0.4 is 14.5 Å². The summed E-state index contributed by atoms with van der Waals surface area (Å²) in [6.07, 6.45) is 3.50. The van der Waals surface area contributed by atoms with Gasteiger partial charge in [-0.15, -0.1) is 10.2 Å². The average molecular weight is 861 g/mol. The standard InChI is InChI=1S/C48H35Cl2F2N10/c1-58(37-5-3-4-33(20-37)30-12-14-32(15-13-30)44(51)52)46-41-19-17-36(50)24-43(41)61-27-62(57-48(61)55-46)39-22-34(31-10-8-29(9-11-31)28-6-7-28)21-38(25-39)59(2)45-40-18-16-35(49)23-42(40)60-26-53-56-47(60)54-45/h3-5,8-28,44H,6-7H2,1-2H3/q+1. The van der Waals surface area contributed by atoms with Crippen LogP contribution in [-0.2, 0) is 0 Å². The second kappa shape index (κ2) is 14.9. The summed E-state index contributed by atoms with van der Waals surface area (Å²) in [6, 6.07) is 40.9. The number of rotatable bonds is 9. The van der Waals surface area contributed by atoms with E-state index in [-0.39, 0.29) is 5.56 Å². The summed E-state index contributed by atoms with van der Waals surface area (Å²) in [6.45, 7) is 0. The van der Waals surface area contributed by atoms with Crippen molar-refractivity contribution < 1.29 is 13.5 Å². The molecule has 0 atom stereocenters. The van der Waals surface area contributed by atoms with Gasteiger partial charge in [0.15, 0.2) is 11.5 Å². The largest absolute Gasteiger partial charge is 0.365 e. The molecule has 1 saturated carbocycles. The average Bonchev–Trinajstić information content (AvgIpc) is 3.88. The molecule has 1 aliphatic rings. The minimum Gasteiger partial charge on any atom is -0.329 e. The molecule has 0 amide bonds. The fourth-order valence-corrected chi connectivity index (χ4v) is 8.53. The Morgan fingerprint density at radius 3 is 1.97 bits per heavy atom. The number of alkyl halides is 2. The molecule has 4 heterocycles. The molecule has 0 bridgehead atoms. The van der Waals surface area contributed by atoms with Crippen molar-refractivity contribution in [3.05, 3.63) is 161 Å². The Labute approximate surface area is 363 Å². The molecule has 10 nitrogen and oxygen atoms in total. The van der Waals surface area contributed by atoms with Gasteiger partial charge in [-0.25, -0.2) is 8.78 Å². The van der Waals surface area contributed by atoms with Crippen LogP contribution in [0.4, 0.5) is 31.8 Å². The van der Waals surface area contributed by atoms with Crippen LogP contribution in [0.15, 0.2) is 140 Å². The first-order chi connectivity index (χ1) is 30.1. The van der Waals surface area contributed by atoms with Crippen molar-refractivity contribution in [3.8, 4) is 27.9 Å². The van der Waals surface area contributed by atoms with Crippen molar-refractivity contribution in [2.24, 2.45) is 0 Å². The summed E-state index contributed by atoms with van der Waals surface area (Å²) in [5.41, 5.74) is 9.30. The lowest BCUT2D eigenvalue weighted by molar-refractivity contribution is -0.655. The van der Waals surface area contributed by atoms with Gasteiger partial charge in [0, 0.05) is 58.6 Å². The highest BCUT2D eigenvalue weighted by molar-refractivity contribution is 6.31. The van der Waals surface area contributed by atoms with Crippen molar-refractivity contribution in [2.75, 3.05) is 23.9 Å². The lowest BCUT2D eigenvalue weighted by Crippen LogP contribution is -2.32. The molecular weight excluding hydrogens is 825 g/mol. The van der Waals surface area contributed by atoms with Crippen molar-refractivity contribution in [1.29, 1.82) is 0 Å². The van der Waals surface area contributed by atoms with Gasteiger partial charge >= 0.3 is 5.78 Å². The molecule has 1 aliphatic carbocycles. The van der Waals surface area contributed by atoms with Crippen LogP contribution in [-0.4, -0.2) is 48.2 Å². The van der Waals surface area contributed by atoms with Crippen molar-refractivity contribution in [1.82, 2.24) is 34.1 Å².